The first-order chi connectivity index (χ1) is 11.9. The monoisotopic (exact) mass is 354 g/mol. The second kappa shape index (κ2) is 5.40. The summed E-state index contributed by atoms with van der Waals surface area (Å²) in [5.74, 6) is 0.710. The highest BCUT2D eigenvalue weighted by Gasteiger charge is 2.25. The SMILES string of the molecule is CCC1=C(C)[N]c2ncc3c(-c4ccc(S(N)(=O)=O)cc4)n[nH]c3c21. The number of aromatic amines is 1. The number of nitrogens with one attached hydrogen (secondary N) is 1. The Kier molecular flexibility index (Phi) is 3.41. The van der Waals surface area contributed by atoms with Crippen molar-refractivity contribution in [3.8, 4) is 11.3 Å². The molecule has 1 aliphatic heterocycles. The van der Waals surface area contributed by atoms with Gasteiger partial charge in [-0.05, 0) is 31.1 Å². The predicted molar refractivity (Wildman–Crippen MR) is 95.4 cm³/mol. The highest BCUT2D eigenvalue weighted by molar-refractivity contribution is 7.89. The van der Waals surface area contributed by atoms with Gasteiger partial charge in [-0.2, -0.15) is 5.10 Å². The molecule has 0 bridgehead atoms. The third-order valence-corrected chi connectivity index (χ3v) is 5.34. The van der Waals surface area contributed by atoms with Crippen LogP contribution in [0.2, 0.25) is 0 Å². The van der Waals surface area contributed by atoms with Crippen LogP contribution in [0.5, 0.6) is 0 Å². The number of fused-ring (bicyclic) bond motifs is 3. The van der Waals surface area contributed by atoms with Crippen LogP contribution in [0, 0.1) is 0 Å². The Balaban J connectivity index is 1.87. The van der Waals surface area contributed by atoms with E-state index in [2.05, 4.69) is 27.4 Å². The Morgan fingerprint density at radius 1 is 1.20 bits per heavy atom. The van der Waals surface area contributed by atoms with E-state index in [1.165, 1.54) is 12.1 Å². The average Bonchev–Trinajstić information content (AvgIpc) is 3.13. The number of hydrogen-bond acceptors (Lipinski definition) is 4. The summed E-state index contributed by atoms with van der Waals surface area (Å²) in [6.07, 6.45) is 2.61. The Morgan fingerprint density at radius 2 is 1.92 bits per heavy atom. The van der Waals surface area contributed by atoms with E-state index in [4.69, 9.17) is 5.14 Å². The van der Waals surface area contributed by atoms with Gasteiger partial charge in [0.05, 0.1) is 10.4 Å². The minimum Gasteiger partial charge on any atom is -0.276 e. The number of H-pyrrole nitrogens is 1. The second-order valence-corrected chi connectivity index (χ2v) is 7.48. The fraction of sp³-hybridized carbons (Fsp3) is 0.176. The third kappa shape index (κ3) is 2.41. The molecule has 4 rings (SSSR count). The van der Waals surface area contributed by atoms with Crippen LogP contribution < -0.4 is 10.5 Å². The molecule has 25 heavy (non-hydrogen) atoms. The maximum Gasteiger partial charge on any atom is 0.238 e. The molecule has 3 heterocycles. The van der Waals surface area contributed by atoms with E-state index in [1.54, 1.807) is 18.3 Å². The van der Waals surface area contributed by atoms with Gasteiger partial charge in [-0.25, -0.2) is 23.9 Å². The number of aromatic nitrogens is 3. The molecular weight excluding hydrogens is 338 g/mol. The van der Waals surface area contributed by atoms with Crippen LogP contribution in [-0.4, -0.2) is 23.6 Å². The van der Waals surface area contributed by atoms with Crippen LogP contribution in [0.15, 0.2) is 41.1 Å². The van der Waals surface area contributed by atoms with Gasteiger partial charge in [-0.15, -0.1) is 0 Å². The lowest BCUT2D eigenvalue weighted by Crippen LogP contribution is -2.11. The van der Waals surface area contributed by atoms with Crippen molar-refractivity contribution < 1.29 is 8.42 Å². The molecule has 1 aromatic carbocycles. The van der Waals surface area contributed by atoms with Gasteiger partial charge in [0, 0.05) is 28.4 Å². The van der Waals surface area contributed by atoms with Crippen LogP contribution in [0.4, 0.5) is 5.82 Å². The van der Waals surface area contributed by atoms with Crippen molar-refractivity contribution in [2.75, 3.05) is 0 Å². The summed E-state index contributed by atoms with van der Waals surface area (Å²) in [5, 5.41) is 18.0. The van der Waals surface area contributed by atoms with Crippen molar-refractivity contribution in [1.82, 2.24) is 20.5 Å². The van der Waals surface area contributed by atoms with E-state index < -0.39 is 10.0 Å². The van der Waals surface area contributed by atoms with Gasteiger partial charge < -0.3 is 0 Å². The first-order valence-corrected chi connectivity index (χ1v) is 9.37. The molecule has 1 aliphatic rings. The van der Waals surface area contributed by atoms with Gasteiger partial charge in [0.2, 0.25) is 10.0 Å². The maximum atomic E-state index is 11.4. The first kappa shape index (κ1) is 15.8. The lowest BCUT2D eigenvalue weighted by atomic mass is 10.0. The first-order valence-electron chi connectivity index (χ1n) is 7.82. The third-order valence-electron chi connectivity index (χ3n) is 4.42. The number of nitrogens with zero attached hydrogens (tertiary/aromatic N) is 3. The van der Waals surface area contributed by atoms with Crippen molar-refractivity contribution in [3.05, 3.63) is 41.7 Å². The lowest BCUT2D eigenvalue weighted by molar-refractivity contribution is 0.598. The largest absolute Gasteiger partial charge is 0.276 e. The summed E-state index contributed by atoms with van der Waals surface area (Å²) < 4.78 is 22.8. The smallest absolute Gasteiger partial charge is 0.238 e. The summed E-state index contributed by atoms with van der Waals surface area (Å²) in [6, 6.07) is 6.33. The number of primary sulfonamides is 1. The number of pyridine rings is 1. The molecular formula is C17H16N5O2S. The minimum atomic E-state index is -3.71. The highest BCUT2D eigenvalue weighted by Crippen LogP contribution is 2.40. The number of sulfonamides is 1. The fourth-order valence-electron chi connectivity index (χ4n) is 3.20. The van der Waals surface area contributed by atoms with Crippen molar-refractivity contribution in [3.63, 3.8) is 0 Å². The Labute approximate surface area is 145 Å². The van der Waals surface area contributed by atoms with E-state index in [9.17, 15) is 8.42 Å². The van der Waals surface area contributed by atoms with Gasteiger partial charge in [0.1, 0.15) is 5.69 Å². The zero-order valence-corrected chi connectivity index (χ0v) is 14.6. The van der Waals surface area contributed by atoms with E-state index in [0.717, 1.165) is 39.7 Å². The van der Waals surface area contributed by atoms with E-state index in [0.29, 0.717) is 11.5 Å². The van der Waals surface area contributed by atoms with Crippen LogP contribution >= 0.6 is 0 Å². The predicted octanol–water partition coefficient (Wildman–Crippen LogP) is 2.66. The molecule has 0 fully saturated rings. The molecule has 8 heteroatoms. The molecule has 0 saturated heterocycles. The highest BCUT2D eigenvalue weighted by atomic mass is 32.2. The summed E-state index contributed by atoms with van der Waals surface area (Å²) in [7, 11) is -3.71. The van der Waals surface area contributed by atoms with Crippen LogP contribution in [0.25, 0.3) is 27.7 Å². The molecule has 1 radical (unpaired) electrons. The van der Waals surface area contributed by atoms with Crippen molar-refractivity contribution in [2.45, 2.75) is 25.2 Å². The molecule has 0 amide bonds. The standard InChI is InChI=1S/C17H16N5O2S/c1-3-12-9(2)20-17-14(12)16-13(8-19-17)15(21-22-16)10-4-6-11(7-5-10)25(18,23)24/h4-8H,3H2,1-2H3,(H,21,22)(H2,18,23,24). The quantitative estimate of drug-likeness (QED) is 0.752. The van der Waals surface area contributed by atoms with Crippen molar-refractivity contribution in [1.29, 1.82) is 0 Å². The zero-order valence-electron chi connectivity index (χ0n) is 13.7. The number of rotatable bonds is 3. The molecule has 0 aliphatic carbocycles. The molecule has 2 aromatic heterocycles. The summed E-state index contributed by atoms with van der Waals surface area (Å²) in [5.41, 5.74) is 5.53. The van der Waals surface area contributed by atoms with Crippen LogP contribution in [0.1, 0.15) is 25.8 Å². The topological polar surface area (TPSA) is 116 Å². The Bertz CT molecular complexity index is 1130. The molecule has 0 atom stereocenters. The van der Waals surface area contributed by atoms with Gasteiger partial charge in [-0.1, -0.05) is 19.1 Å². The number of benzene rings is 1. The average molecular weight is 354 g/mol. The molecule has 0 unspecified atom stereocenters. The van der Waals surface area contributed by atoms with Crippen LogP contribution in [0.3, 0.4) is 0 Å². The number of nitrogens with two attached hydrogens (primary N) is 1. The summed E-state index contributed by atoms with van der Waals surface area (Å²) >= 11 is 0. The van der Waals surface area contributed by atoms with Gasteiger partial charge in [0.15, 0.2) is 5.82 Å². The van der Waals surface area contributed by atoms with E-state index in [1.807, 2.05) is 6.92 Å². The lowest BCUT2D eigenvalue weighted by Gasteiger charge is -2.03. The Hall–Kier alpha value is -2.71. The van der Waals surface area contributed by atoms with Gasteiger partial charge in [-0.3, -0.25) is 5.10 Å². The molecule has 127 valence electrons. The molecule has 0 saturated carbocycles. The van der Waals surface area contributed by atoms with E-state index >= 15 is 0 Å². The van der Waals surface area contributed by atoms with Crippen LogP contribution in [-0.2, 0) is 10.0 Å². The maximum absolute atomic E-state index is 11.4. The fourth-order valence-corrected chi connectivity index (χ4v) is 3.72. The number of allylic oxidation sites excluding steroid dienone is 2. The van der Waals surface area contributed by atoms with Gasteiger partial charge >= 0.3 is 0 Å². The molecule has 7 nitrogen and oxygen atoms in total. The molecule has 0 spiro atoms. The minimum absolute atomic E-state index is 0.0701. The second-order valence-electron chi connectivity index (χ2n) is 5.92. The van der Waals surface area contributed by atoms with E-state index in [-0.39, 0.29) is 4.90 Å². The van der Waals surface area contributed by atoms with Crippen molar-refractivity contribution >= 4 is 32.3 Å². The normalized spacial score (nSPS) is 14.0. The van der Waals surface area contributed by atoms with Gasteiger partial charge in [0.25, 0.3) is 0 Å². The van der Waals surface area contributed by atoms with Crippen molar-refractivity contribution in [2.24, 2.45) is 5.14 Å². The number of hydrogen-bond donors (Lipinski definition) is 2. The summed E-state index contributed by atoms with van der Waals surface area (Å²) in [6.45, 7) is 4.07. The summed E-state index contributed by atoms with van der Waals surface area (Å²) in [4.78, 5) is 4.54. The molecule has 3 N–H and O–H groups in total. The molecule has 3 aromatic rings. The Morgan fingerprint density at radius 3 is 2.56 bits per heavy atom. The zero-order chi connectivity index (χ0) is 17.8.